The summed E-state index contributed by atoms with van der Waals surface area (Å²) in [5.41, 5.74) is 0.509. The van der Waals surface area contributed by atoms with Crippen LogP contribution in [0.1, 0.15) is 5.56 Å². The average Bonchev–Trinajstić information content (AvgIpc) is 2.71. The first-order chi connectivity index (χ1) is 13.6. The van der Waals surface area contributed by atoms with Crippen molar-refractivity contribution in [3.8, 4) is 17.2 Å². The Morgan fingerprint density at radius 2 is 1.75 bits per heavy atom. The van der Waals surface area contributed by atoms with Crippen molar-refractivity contribution >= 4 is 26.9 Å². The highest BCUT2D eigenvalue weighted by atomic mass is 79.9. The number of benzene rings is 3. The topological polar surface area (TPSA) is 48.7 Å². The summed E-state index contributed by atoms with van der Waals surface area (Å²) in [4.78, 5) is 12.7. The van der Waals surface area contributed by atoms with Gasteiger partial charge in [0.2, 0.25) is 11.2 Å². The van der Waals surface area contributed by atoms with Crippen LogP contribution >= 0.6 is 15.9 Å². The highest BCUT2D eigenvalue weighted by molar-refractivity contribution is 9.10. The fourth-order valence-corrected chi connectivity index (χ4v) is 3.04. The van der Waals surface area contributed by atoms with Gasteiger partial charge in [-0.1, -0.05) is 30.3 Å². The van der Waals surface area contributed by atoms with Crippen LogP contribution in [0.3, 0.4) is 0 Å². The number of ether oxygens (including phenoxy) is 2. The lowest BCUT2D eigenvalue weighted by molar-refractivity contribution is 0.300. The molecule has 0 aliphatic heterocycles. The Balaban J connectivity index is 1.58. The fraction of sp³-hybridized carbons (Fsp3) is 0.0455. The molecule has 4 nitrogen and oxygen atoms in total. The van der Waals surface area contributed by atoms with Gasteiger partial charge in [-0.05, 0) is 46.3 Å². The van der Waals surface area contributed by atoms with Gasteiger partial charge in [-0.15, -0.1) is 0 Å². The van der Waals surface area contributed by atoms with Crippen LogP contribution in [0, 0.1) is 5.82 Å². The molecule has 0 saturated heterocycles. The lowest BCUT2D eigenvalue weighted by Crippen LogP contribution is -2.05. The molecular formula is C22H14BrFO4. The Morgan fingerprint density at radius 3 is 2.57 bits per heavy atom. The van der Waals surface area contributed by atoms with Gasteiger partial charge >= 0.3 is 0 Å². The Labute approximate surface area is 168 Å². The Morgan fingerprint density at radius 1 is 0.964 bits per heavy atom. The molecule has 0 radical (unpaired) electrons. The average molecular weight is 441 g/mol. The molecule has 4 rings (SSSR count). The van der Waals surface area contributed by atoms with Crippen molar-refractivity contribution in [2.24, 2.45) is 0 Å². The van der Waals surface area contributed by atoms with E-state index in [9.17, 15) is 9.18 Å². The van der Waals surface area contributed by atoms with Crippen LogP contribution in [0.4, 0.5) is 4.39 Å². The maximum absolute atomic E-state index is 13.7. The minimum atomic E-state index is -0.330. The predicted octanol–water partition coefficient (Wildman–Crippen LogP) is 6.07. The van der Waals surface area contributed by atoms with Gasteiger partial charge in [0, 0.05) is 11.6 Å². The maximum atomic E-state index is 13.7. The van der Waals surface area contributed by atoms with E-state index in [1.165, 1.54) is 12.3 Å². The normalized spacial score (nSPS) is 10.8. The second-order valence-corrected chi connectivity index (χ2v) is 6.85. The molecule has 0 spiro atoms. The first-order valence-electron chi connectivity index (χ1n) is 8.46. The summed E-state index contributed by atoms with van der Waals surface area (Å²) < 4.78 is 31.3. The minimum absolute atomic E-state index is 0.0750. The third-order valence-electron chi connectivity index (χ3n) is 4.12. The lowest BCUT2D eigenvalue weighted by Gasteiger charge is -2.09. The van der Waals surface area contributed by atoms with E-state index < -0.39 is 0 Å². The van der Waals surface area contributed by atoms with E-state index in [1.807, 2.05) is 18.2 Å². The van der Waals surface area contributed by atoms with Gasteiger partial charge in [0.05, 0.1) is 9.86 Å². The van der Waals surface area contributed by atoms with Crippen molar-refractivity contribution in [3.05, 3.63) is 99.1 Å². The van der Waals surface area contributed by atoms with E-state index in [1.54, 1.807) is 42.5 Å². The SMILES string of the molecule is O=c1c(Oc2ccccc2Br)coc2cc(OCc3ccccc3F)ccc12. The molecule has 0 saturated carbocycles. The number of rotatable bonds is 5. The van der Waals surface area contributed by atoms with Crippen LogP contribution in [-0.2, 0) is 6.61 Å². The number of para-hydroxylation sites is 1. The molecule has 0 amide bonds. The summed E-state index contributed by atoms with van der Waals surface area (Å²) in [7, 11) is 0. The highest BCUT2D eigenvalue weighted by Crippen LogP contribution is 2.29. The molecule has 3 aromatic carbocycles. The molecule has 140 valence electrons. The molecule has 0 aliphatic rings. The van der Waals surface area contributed by atoms with Crippen LogP contribution in [0.15, 0.2) is 86.7 Å². The summed E-state index contributed by atoms with van der Waals surface area (Å²) in [5.74, 6) is 0.737. The maximum Gasteiger partial charge on any atom is 0.235 e. The standard InChI is InChI=1S/C22H14BrFO4/c23-17-6-2-4-8-19(17)28-21-13-27-20-11-15(9-10-16(20)22(21)25)26-12-14-5-1-3-7-18(14)24/h1-11,13H,12H2. The summed E-state index contributed by atoms with van der Waals surface area (Å²) in [6.07, 6.45) is 1.27. The number of hydrogen-bond donors (Lipinski definition) is 0. The molecule has 1 aromatic heterocycles. The van der Waals surface area contributed by atoms with Crippen LogP contribution < -0.4 is 14.9 Å². The van der Waals surface area contributed by atoms with Gasteiger partial charge in [-0.2, -0.15) is 0 Å². The van der Waals surface area contributed by atoms with E-state index in [-0.39, 0.29) is 23.6 Å². The van der Waals surface area contributed by atoms with Gasteiger partial charge in [0.25, 0.3) is 0 Å². The minimum Gasteiger partial charge on any atom is -0.489 e. The highest BCUT2D eigenvalue weighted by Gasteiger charge is 2.12. The number of halogens is 2. The molecule has 28 heavy (non-hydrogen) atoms. The molecule has 0 bridgehead atoms. The smallest absolute Gasteiger partial charge is 0.235 e. The van der Waals surface area contributed by atoms with E-state index >= 15 is 0 Å². The van der Waals surface area contributed by atoms with Gasteiger partial charge in [-0.25, -0.2) is 4.39 Å². The second kappa shape index (κ2) is 7.86. The van der Waals surface area contributed by atoms with Crippen molar-refractivity contribution in [1.82, 2.24) is 0 Å². The van der Waals surface area contributed by atoms with Gasteiger partial charge in [-0.3, -0.25) is 4.79 Å². The fourth-order valence-electron chi connectivity index (χ4n) is 2.67. The first kappa shape index (κ1) is 18.3. The molecule has 0 N–H and O–H groups in total. The summed E-state index contributed by atoms with van der Waals surface area (Å²) >= 11 is 3.38. The zero-order valence-electron chi connectivity index (χ0n) is 14.5. The second-order valence-electron chi connectivity index (χ2n) is 6.00. The van der Waals surface area contributed by atoms with E-state index in [0.717, 1.165) is 4.47 Å². The van der Waals surface area contributed by atoms with Crippen LogP contribution in [-0.4, -0.2) is 0 Å². The van der Waals surface area contributed by atoms with Crippen molar-refractivity contribution < 1.29 is 18.3 Å². The Hall–Kier alpha value is -3.12. The molecule has 0 atom stereocenters. The zero-order valence-corrected chi connectivity index (χ0v) is 16.1. The molecule has 1 heterocycles. The lowest BCUT2D eigenvalue weighted by atomic mass is 10.2. The summed E-state index contributed by atoms with van der Waals surface area (Å²) in [6.45, 7) is 0.0750. The van der Waals surface area contributed by atoms with Crippen LogP contribution in [0.2, 0.25) is 0 Å². The molecule has 0 unspecified atom stereocenters. The quantitative estimate of drug-likeness (QED) is 0.378. The summed E-state index contributed by atoms with van der Waals surface area (Å²) in [5, 5.41) is 0.364. The van der Waals surface area contributed by atoms with Gasteiger partial charge in [0.1, 0.15) is 35.8 Å². The van der Waals surface area contributed by atoms with E-state index in [4.69, 9.17) is 13.9 Å². The third-order valence-corrected chi connectivity index (χ3v) is 4.78. The van der Waals surface area contributed by atoms with E-state index in [2.05, 4.69) is 15.9 Å². The summed E-state index contributed by atoms with van der Waals surface area (Å²) in [6, 6.07) is 18.5. The Bertz CT molecular complexity index is 1200. The van der Waals surface area contributed by atoms with Gasteiger partial charge in [0.15, 0.2) is 0 Å². The van der Waals surface area contributed by atoms with E-state index in [0.29, 0.717) is 28.0 Å². The first-order valence-corrected chi connectivity index (χ1v) is 9.25. The van der Waals surface area contributed by atoms with Crippen LogP contribution in [0.5, 0.6) is 17.2 Å². The monoisotopic (exact) mass is 440 g/mol. The Kier molecular flexibility index (Phi) is 5.12. The van der Waals surface area contributed by atoms with Crippen molar-refractivity contribution in [2.75, 3.05) is 0 Å². The molecule has 4 aromatic rings. The molecule has 0 fully saturated rings. The molecular weight excluding hydrogens is 427 g/mol. The largest absolute Gasteiger partial charge is 0.489 e. The van der Waals surface area contributed by atoms with Crippen LogP contribution in [0.25, 0.3) is 11.0 Å². The third kappa shape index (κ3) is 3.77. The molecule has 6 heteroatoms. The zero-order chi connectivity index (χ0) is 19.5. The van der Waals surface area contributed by atoms with Crippen molar-refractivity contribution in [1.29, 1.82) is 0 Å². The van der Waals surface area contributed by atoms with Gasteiger partial charge < -0.3 is 13.9 Å². The number of fused-ring (bicyclic) bond motifs is 1. The van der Waals surface area contributed by atoms with Crippen molar-refractivity contribution in [3.63, 3.8) is 0 Å². The van der Waals surface area contributed by atoms with Crippen molar-refractivity contribution in [2.45, 2.75) is 6.61 Å². The number of hydrogen-bond acceptors (Lipinski definition) is 4. The predicted molar refractivity (Wildman–Crippen MR) is 107 cm³/mol. The molecule has 0 aliphatic carbocycles.